The minimum Gasteiger partial charge on any atom is -0.455 e. The SMILES string of the molecule is O=C(COC(=O)[C@H]1CC(=O)N(C2CCCC2)C1)Nc1cccc([N+](=O)[O-])c1. The fourth-order valence-electron chi connectivity index (χ4n) is 3.61. The van der Waals surface area contributed by atoms with Gasteiger partial charge >= 0.3 is 5.97 Å². The summed E-state index contributed by atoms with van der Waals surface area (Å²) in [4.78, 5) is 48.2. The van der Waals surface area contributed by atoms with Gasteiger partial charge in [0.1, 0.15) is 0 Å². The Bertz CT molecular complexity index is 759. The van der Waals surface area contributed by atoms with Crippen LogP contribution in [0.3, 0.4) is 0 Å². The van der Waals surface area contributed by atoms with Gasteiger partial charge in [0.25, 0.3) is 11.6 Å². The maximum absolute atomic E-state index is 12.2. The van der Waals surface area contributed by atoms with Gasteiger partial charge in [0.2, 0.25) is 5.91 Å². The summed E-state index contributed by atoms with van der Waals surface area (Å²) < 4.78 is 5.03. The molecule has 0 radical (unpaired) electrons. The average molecular weight is 375 g/mol. The van der Waals surface area contributed by atoms with Crippen molar-refractivity contribution in [2.75, 3.05) is 18.5 Å². The lowest BCUT2D eigenvalue weighted by Gasteiger charge is -2.23. The van der Waals surface area contributed by atoms with Crippen LogP contribution in [-0.2, 0) is 19.1 Å². The molecular weight excluding hydrogens is 354 g/mol. The van der Waals surface area contributed by atoms with Crippen LogP contribution in [0, 0.1) is 16.0 Å². The number of esters is 1. The van der Waals surface area contributed by atoms with Gasteiger partial charge in [-0.15, -0.1) is 0 Å². The number of nitrogens with zero attached hydrogens (tertiary/aromatic N) is 2. The molecule has 1 saturated heterocycles. The van der Waals surface area contributed by atoms with Crippen LogP contribution in [0.4, 0.5) is 11.4 Å². The van der Waals surface area contributed by atoms with Gasteiger partial charge < -0.3 is 15.0 Å². The summed E-state index contributed by atoms with van der Waals surface area (Å²) in [7, 11) is 0. The molecule has 2 fully saturated rings. The van der Waals surface area contributed by atoms with Crippen molar-refractivity contribution >= 4 is 29.2 Å². The van der Waals surface area contributed by atoms with E-state index in [1.54, 1.807) is 4.90 Å². The van der Waals surface area contributed by atoms with E-state index in [1.807, 2.05) is 0 Å². The number of carbonyl (C=O) groups is 3. The van der Waals surface area contributed by atoms with Gasteiger partial charge in [-0.2, -0.15) is 0 Å². The average Bonchev–Trinajstić information content (AvgIpc) is 3.29. The first-order valence-corrected chi connectivity index (χ1v) is 8.94. The van der Waals surface area contributed by atoms with E-state index in [0.29, 0.717) is 6.54 Å². The van der Waals surface area contributed by atoms with E-state index in [0.717, 1.165) is 25.7 Å². The first-order chi connectivity index (χ1) is 12.9. The molecule has 144 valence electrons. The molecule has 1 aliphatic heterocycles. The summed E-state index contributed by atoms with van der Waals surface area (Å²) in [6.45, 7) is -0.162. The normalized spacial score (nSPS) is 19.9. The molecule has 2 amide bonds. The maximum Gasteiger partial charge on any atom is 0.311 e. The number of benzene rings is 1. The molecule has 9 heteroatoms. The largest absolute Gasteiger partial charge is 0.455 e. The lowest BCUT2D eigenvalue weighted by molar-refractivity contribution is -0.384. The van der Waals surface area contributed by atoms with Crippen molar-refractivity contribution in [3.05, 3.63) is 34.4 Å². The fourth-order valence-corrected chi connectivity index (χ4v) is 3.61. The van der Waals surface area contributed by atoms with Crippen LogP contribution in [0.2, 0.25) is 0 Å². The number of hydrogen-bond donors (Lipinski definition) is 1. The molecule has 1 aromatic carbocycles. The minimum atomic E-state index is -0.596. The zero-order chi connectivity index (χ0) is 19.4. The number of nitrogens with one attached hydrogen (secondary N) is 1. The number of rotatable bonds is 6. The Morgan fingerprint density at radius 3 is 2.74 bits per heavy atom. The molecule has 1 N–H and O–H groups in total. The Hall–Kier alpha value is -2.97. The number of nitro groups is 1. The summed E-state index contributed by atoms with van der Waals surface area (Å²) >= 11 is 0. The Kier molecular flexibility index (Phi) is 5.68. The third kappa shape index (κ3) is 4.60. The van der Waals surface area contributed by atoms with Gasteiger partial charge in [0, 0.05) is 36.8 Å². The second-order valence-corrected chi connectivity index (χ2v) is 6.85. The first-order valence-electron chi connectivity index (χ1n) is 8.94. The maximum atomic E-state index is 12.2. The zero-order valence-electron chi connectivity index (χ0n) is 14.8. The van der Waals surface area contributed by atoms with Crippen LogP contribution in [-0.4, -0.2) is 46.8 Å². The molecule has 1 aromatic rings. The van der Waals surface area contributed by atoms with Crippen molar-refractivity contribution in [2.24, 2.45) is 5.92 Å². The van der Waals surface area contributed by atoms with Gasteiger partial charge in [-0.1, -0.05) is 18.9 Å². The molecule has 1 aliphatic carbocycles. The smallest absolute Gasteiger partial charge is 0.311 e. The van der Waals surface area contributed by atoms with E-state index in [-0.39, 0.29) is 29.7 Å². The molecule has 0 spiro atoms. The van der Waals surface area contributed by atoms with Gasteiger partial charge in [-0.05, 0) is 18.9 Å². The quantitative estimate of drug-likeness (QED) is 0.460. The van der Waals surface area contributed by atoms with Crippen LogP contribution < -0.4 is 5.32 Å². The number of non-ortho nitro benzene ring substituents is 1. The van der Waals surface area contributed by atoms with E-state index in [2.05, 4.69) is 5.32 Å². The van der Waals surface area contributed by atoms with E-state index in [9.17, 15) is 24.5 Å². The lowest BCUT2D eigenvalue weighted by atomic mass is 10.1. The highest BCUT2D eigenvalue weighted by Gasteiger charge is 2.39. The highest BCUT2D eigenvalue weighted by Crippen LogP contribution is 2.29. The molecule has 1 heterocycles. The number of anilines is 1. The molecule has 1 saturated carbocycles. The molecule has 0 bridgehead atoms. The molecular formula is C18H21N3O6. The molecule has 9 nitrogen and oxygen atoms in total. The van der Waals surface area contributed by atoms with Crippen LogP contribution in [0.25, 0.3) is 0 Å². The third-order valence-corrected chi connectivity index (χ3v) is 4.94. The van der Waals surface area contributed by atoms with Crippen LogP contribution in [0.5, 0.6) is 0 Å². The third-order valence-electron chi connectivity index (χ3n) is 4.94. The standard InChI is InChI=1S/C18H21N3O6/c22-16(19-13-4-3-7-15(9-13)21(25)26)11-27-18(24)12-8-17(23)20(10-12)14-5-1-2-6-14/h3-4,7,9,12,14H,1-2,5-6,8,10-11H2,(H,19,22)/t12-/m0/s1. The van der Waals surface area contributed by atoms with Crippen molar-refractivity contribution in [1.29, 1.82) is 0 Å². The van der Waals surface area contributed by atoms with Gasteiger partial charge in [0.05, 0.1) is 10.8 Å². The number of ether oxygens (including phenoxy) is 1. The van der Waals surface area contributed by atoms with Crippen molar-refractivity contribution in [3.8, 4) is 0 Å². The predicted octanol–water partition coefficient (Wildman–Crippen LogP) is 1.87. The molecule has 0 aromatic heterocycles. The Balaban J connectivity index is 1.47. The lowest BCUT2D eigenvalue weighted by Crippen LogP contribution is -2.35. The van der Waals surface area contributed by atoms with Crippen LogP contribution >= 0.6 is 0 Å². The molecule has 2 aliphatic rings. The number of amides is 2. The highest BCUT2D eigenvalue weighted by atomic mass is 16.6. The van der Waals surface area contributed by atoms with Gasteiger partial charge in [-0.25, -0.2) is 0 Å². The first kappa shape index (κ1) is 18.8. The molecule has 27 heavy (non-hydrogen) atoms. The number of nitro benzene ring substituents is 1. The number of carbonyl (C=O) groups excluding carboxylic acids is 3. The summed E-state index contributed by atoms with van der Waals surface area (Å²) in [6, 6.07) is 5.69. The summed E-state index contributed by atoms with van der Waals surface area (Å²) in [5.74, 6) is -1.76. The van der Waals surface area contributed by atoms with Gasteiger partial charge in [-0.3, -0.25) is 24.5 Å². The molecule has 0 unspecified atom stereocenters. The predicted molar refractivity (Wildman–Crippen MR) is 94.8 cm³/mol. The topological polar surface area (TPSA) is 119 Å². The molecule has 1 atom stereocenters. The number of hydrogen-bond acceptors (Lipinski definition) is 6. The second-order valence-electron chi connectivity index (χ2n) is 6.85. The van der Waals surface area contributed by atoms with E-state index < -0.39 is 29.3 Å². The van der Waals surface area contributed by atoms with Crippen molar-refractivity contribution in [1.82, 2.24) is 4.90 Å². The van der Waals surface area contributed by atoms with E-state index >= 15 is 0 Å². The summed E-state index contributed by atoms with van der Waals surface area (Å²) in [5.41, 5.74) is 0.0926. The van der Waals surface area contributed by atoms with E-state index in [4.69, 9.17) is 4.74 Å². The summed E-state index contributed by atoms with van der Waals surface area (Å²) in [5, 5.41) is 13.2. The Morgan fingerprint density at radius 2 is 2.04 bits per heavy atom. The van der Waals surface area contributed by atoms with Crippen molar-refractivity contribution < 1.29 is 24.0 Å². The fraction of sp³-hybridized carbons (Fsp3) is 0.500. The number of likely N-dealkylation sites (tertiary alicyclic amines) is 1. The summed E-state index contributed by atoms with van der Waals surface area (Å²) in [6.07, 6.45) is 4.25. The van der Waals surface area contributed by atoms with Gasteiger partial charge in [0.15, 0.2) is 6.61 Å². The van der Waals surface area contributed by atoms with Crippen molar-refractivity contribution in [3.63, 3.8) is 0 Å². The Labute approximate surface area is 155 Å². The molecule has 3 rings (SSSR count). The van der Waals surface area contributed by atoms with Crippen LogP contribution in [0.1, 0.15) is 32.1 Å². The van der Waals surface area contributed by atoms with Crippen LogP contribution in [0.15, 0.2) is 24.3 Å². The highest BCUT2D eigenvalue weighted by molar-refractivity contribution is 5.94. The second kappa shape index (κ2) is 8.15. The zero-order valence-corrected chi connectivity index (χ0v) is 14.8. The minimum absolute atomic E-state index is 0.0371. The van der Waals surface area contributed by atoms with E-state index in [1.165, 1.54) is 24.3 Å². The Morgan fingerprint density at radius 1 is 1.30 bits per heavy atom. The van der Waals surface area contributed by atoms with Crippen molar-refractivity contribution in [2.45, 2.75) is 38.1 Å². The monoisotopic (exact) mass is 375 g/mol.